The molecule has 0 aliphatic carbocycles. The molecule has 41 heavy (non-hydrogen) atoms. The van der Waals surface area contributed by atoms with Gasteiger partial charge in [-0.25, -0.2) is 9.97 Å². The third kappa shape index (κ3) is 7.49. The number of H-pyrrole nitrogens is 1. The summed E-state index contributed by atoms with van der Waals surface area (Å²) in [5.41, 5.74) is 5.12. The first-order chi connectivity index (χ1) is 20.1. The number of amides is 1. The molecule has 0 unspecified atom stereocenters. The smallest absolute Gasteiger partial charge is 0.267 e. The molecule has 5 rings (SSSR count). The third-order valence-corrected chi connectivity index (χ3v) is 6.99. The normalized spacial score (nSPS) is 11.1. The number of carbonyl (C=O) groups is 1. The fourth-order valence-corrected chi connectivity index (χ4v) is 4.67. The van der Waals surface area contributed by atoms with Gasteiger partial charge < -0.3 is 25.3 Å². The number of ether oxygens (including phenoxy) is 1. The van der Waals surface area contributed by atoms with E-state index in [2.05, 4.69) is 39.3 Å². The summed E-state index contributed by atoms with van der Waals surface area (Å²) in [4.78, 5) is 27.4. The number of hydrogen-bond donors (Lipinski definition) is 3. The number of nitrogens with zero attached hydrogens (tertiary/aromatic N) is 3. The number of aromatic amines is 1. The fourth-order valence-electron chi connectivity index (χ4n) is 4.67. The van der Waals surface area contributed by atoms with Gasteiger partial charge in [0.25, 0.3) is 5.91 Å². The monoisotopic (exact) mass is 548 g/mol. The number of hydrogen-bond acceptors (Lipinski definition) is 6. The second kappa shape index (κ2) is 13.6. The molecule has 0 saturated carbocycles. The first-order valence-corrected chi connectivity index (χ1v) is 14.1. The second-order valence-corrected chi connectivity index (χ2v) is 9.81. The maximum absolute atomic E-state index is 12.7. The Morgan fingerprint density at radius 1 is 0.951 bits per heavy atom. The minimum Gasteiger partial charge on any atom is -0.489 e. The average Bonchev–Trinajstić information content (AvgIpc) is 3.45. The first kappa shape index (κ1) is 27.9. The van der Waals surface area contributed by atoms with E-state index in [0.717, 1.165) is 65.2 Å². The molecule has 2 aromatic heterocycles. The number of aromatic nitrogens is 3. The predicted octanol–water partition coefficient (Wildman–Crippen LogP) is 6.41. The number of rotatable bonds is 13. The van der Waals surface area contributed by atoms with Crippen LogP contribution in [0.5, 0.6) is 5.75 Å². The van der Waals surface area contributed by atoms with E-state index < -0.39 is 0 Å². The lowest BCUT2D eigenvalue weighted by Gasteiger charge is -2.17. The first-order valence-electron chi connectivity index (χ1n) is 14.1. The Balaban J connectivity index is 1.22. The molecule has 0 aliphatic rings. The molecule has 3 aromatic carbocycles. The van der Waals surface area contributed by atoms with Crippen molar-refractivity contribution in [1.29, 1.82) is 0 Å². The Labute approximate surface area is 240 Å². The van der Waals surface area contributed by atoms with Gasteiger partial charge in [-0.05, 0) is 74.1 Å². The summed E-state index contributed by atoms with van der Waals surface area (Å²) in [6.45, 7) is 8.48. The molecule has 0 fully saturated rings. The van der Waals surface area contributed by atoms with E-state index in [1.165, 1.54) is 0 Å². The molecule has 0 atom stereocenters. The van der Waals surface area contributed by atoms with Crippen LogP contribution in [0.4, 0.5) is 11.6 Å². The van der Waals surface area contributed by atoms with Crippen LogP contribution in [0.3, 0.4) is 0 Å². The molecule has 8 heteroatoms. The lowest BCUT2D eigenvalue weighted by atomic mass is 10.1. The van der Waals surface area contributed by atoms with Gasteiger partial charge >= 0.3 is 0 Å². The summed E-state index contributed by atoms with van der Waals surface area (Å²) < 4.78 is 5.99. The van der Waals surface area contributed by atoms with Crippen molar-refractivity contribution in [3.05, 3.63) is 102 Å². The van der Waals surface area contributed by atoms with Crippen LogP contribution in [-0.4, -0.2) is 51.9 Å². The zero-order valence-corrected chi connectivity index (χ0v) is 23.6. The lowest BCUT2D eigenvalue weighted by Crippen LogP contribution is -2.30. The van der Waals surface area contributed by atoms with Crippen LogP contribution in [0.15, 0.2) is 91.1 Å². The molecule has 0 saturated heterocycles. The Hall–Kier alpha value is -4.69. The van der Waals surface area contributed by atoms with Crippen LogP contribution in [0, 0.1) is 0 Å². The number of benzene rings is 3. The van der Waals surface area contributed by atoms with Gasteiger partial charge in [0.05, 0.1) is 5.69 Å². The minimum absolute atomic E-state index is 0.0960. The molecule has 3 N–H and O–H groups in total. The number of fused-ring (bicyclic) bond motifs is 1. The number of nitrogens with one attached hydrogen (secondary N) is 3. The number of anilines is 2. The van der Waals surface area contributed by atoms with Gasteiger partial charge in [0.2, 0.25) is 5.95 Å². The quantitative estimate of drug-likeness (QED) is 0.147. The van der Waals surface area contributed by atoms with Crippen LogP contribution in [0.25, 0.3) is 22.2 Å². The topological polar surface area (TPSA) is 95.2 Å². The predicted molar refractivity (Wildman–Crippen MR) is 165 cm³/mol. The Morgan fingerprint density at radius 2 is 1.80 bits per heavy atom. The SMILES string of the molecule is CCN(CC)CCCNC(=O)c1cc2cc(Nc3nccc(-c4cccc(OCc5ccccc5)c4)n3)ccc2[nH]1. The van der Waals surface area contributed by atoms with Crippen LogP contribution in [0.1, 0.15) is 36.3 Å². The van der Waals surface area contributed by atoms with E-state index in [1.807, 2.05) is 84.9 Å². The Kier molecular flexibility index (Phi) is 9.23. The van der Waals surface area contributed by atoms with Gasteiger partial charge in [-0.3, -0.25) is 4.79 Å². The van der Waals surface area contributed by atoms with E-state index in [4.69, 9.17) is 9.72 Å². The van der Waals surface area contributed by atoms with Gasteiger partial charge in [-0.2, -0.15) is 0 Å². The van der Waals surface area contributed by atoms with Crippen molar-refractivity contribution in [2.45, 2.75) is 26.9 Å². The van der Waals surface area contributed by atoms with E-state index in [1.54, 1.807) is 6.20 Å². The van der Waals surface area contributed by atoms with E-state index >= 15 is 0 Å². The van der Waals surface area contributed by atoms with Crippen LogP contribution < -0.4 is 15.4 Å². The van der Waals surface area contributed by atoms with Crippen molar-refractivity contribution < 1.29 is 9.53 Å². The molecule has 5 aromatic rings. The molecule has 0 aliphatic heterocycles. The summed E-state index contributed by atoms with van der Waals surface area (Å²) in [5.74, 6) is 1.17. The van der Waals surface area contributed by atoms with Gasteiger partial charge in [0.1, 0.15) is 18.1 Å². The largest absolute Gasteiger partial charge is 0.489 e. The highest BCUT2D eigenvalue weighted by Crippen LogP contribution is 2.26. The van der Waals surface area contributed by atoms with Crippen LogP contribution in [0.2, 0.25) is 0 Å². The van der Waals surface area contributed by atoms with Gasteiger partial charge in [-0.15, -0.1) is 0 Å². The molecule has 0 spiro atoms. The molecule has 0 radical (unpaired) electrons. The highest BCUT2D eigenvalue weighted by atomic mass is 16.5. The summed E-state index contributed by atoms with van der Waals surface area (Å²) >= 11 is 0. The van der Waals surface area contributed by atoms with Crippen molar-refractivity contribution in [3.63, 3.8) is 0 Å². The van der Waals surface area contributed by atoms with Crippen LogP contribution >= 0.6 is 0 Å². The molecule has 2 heterocycles. The summed E-state index contributed by atoms with van der Waals surface area (Å²) in [7, 11) is 0. The van der Waals surface area contributed by atoms with E-state index in [0.29, 0.717) is 24.8 Å². The van der Waals surface area contributed by atoms with Crippen LogP contribution in [-0.2, 0) is 6.61 Å². The molecule has 8 nitrogen and oxygen atoms in total. The zero-order valence-electron chi connectivity index (χ0n) is 23.6. The molecule has 210 valence electrons. The van der Waals surface area contributed by atoms with E-state index in [9.17, 15) is 4.79 Å². The van der Waals surface area contributed by atoms with Crippen molar-refractivity contribution >= 4 is 28.4 Å². The minimum atomic E-state index is -0.0960. The standard InChI is InChI=1S/C33H36N6O2/c1-3-39(4-2)19-9-17-34-32(40)31-22-26-20-27(14-15-29(26)37-31)36-33-35-18-16-30(38-33)25-12-8-13-28(21-25)41-23-24-10-6-5-7-11-24/h5-8,10-16,18,20-22,37H,3-4,9,17,19,23H2,1-2H3,(H,34,40)(H,35,36,38). The highest BCUT2D eigenvalue weighted by molar-refractivity contribution is 5.98. The van der Waals surface area contributed by atoms with E-state index in [-0.39, 0.29) is 5.91 Å². The maximum atomic E-state index is 12.7. The summed E-state index contributed by atoms with van der Waals surface area (Å²) in [6.07, 6.45) is 2.66. The third-order valence-electron chi connectivity index (χ3n) is 6.99. The molecular formula is C33H36N6O2. The molecule has 1 amide bonds. The molecule has 0 bridgehead atoms. The Morgan fingerprint density at radius 3 is 2.63 bits per heavy atom. The zero-order chi connectivity index (χ0) is 28.4. The summed E-state index contributed by atoms with van der Waals surface area (Å²) in [6, 6.07) is 27.6. The second-order valence-electron chi connectivity index (χ2n) is 9.81. The number of carbonyl (C=O) groups excluding carboxylic acids is 1. The summed E-state index contributed by atoms with van der Waals surface area (Å²) in [5, 5.41) is 7.25. The Bertz CT molecular complexity index is 1580. The van der Waals surface area contributed by atoms with Gasteiger partial charge in [0.15, 0.2) is 0 Å². The van der Waals surface area contributed by atoms with Gasteiger partial charge in [0, 0.05) is 34.9 Å². The highest BCUT2D eigenvalue weighted by Gasteiger charge is 2.11. The molecular weight excluding hydrogens is 512 g/mol. The van der Waals surface area contributed by atoms with Gasteiger partial charge in [-0.1, -0.05) is 56.3 Å². The average molecular weight is 549 g/mol. The van der Waals surface area contributed by atoms with Crippen molar-refractivity contribution in [3.8, 4) is 17.0 Å². The maximum Gasteiger partial charge on any atom is 0.267 e. The fraction of sp³-hybridized carbons (Fsp3) is 0.242. The lowest BCUT2D eigenvalue weighted by molar-refractivity contribution is 0.0947. The van der Waals surface area contributed by atoms with Crippen molar-refractivity contribution in [2.24, 2.45) is 0 Å². The van der Waals surface area contributed by atoms with Crippen molar-refractivity contribution in [1.82, 2.24) is 25.2 Å². The van der Waals surface area contributed by atoms with Crippen molar-refractivity contribution in [2.75, 3.05) is 31.5 Å².